The Kier molecular flexibility index (Phi) is 2.89. The molecule has 0 saturated carbocycles. The molecule has 0 aliphatic heterocycles. The number of halogens is 1. The molecule has 2 heterocycles. The van der Waals surface area contributed by atoms with E-state index in [-0.39, 0.29) is 17.3 Å². The maximum Gasteiger partial charge on any atom is 0.253 e. The van der Waals surface area contributed by atoms with Crippen LogP contribution in [0.3, 0.4) is 0 Å². The van der Waals surface area contributed by atoms with Gasteiger partial charge in [-0.1, -0.05) is 25.4 Å². The second-order valence-electron chi connectivity index (χ2n) is 3.95. The van der Waals surface area contributed by atoms with Gasteiger partial charge in [-0.05, 0) is 0 Å². The number of nitrogen functional groups attached to an aromatic ring is 1. The summed E-state index contributed by atoms with van der Waals surface area (Å²) in [7, 11) is 0. The standard InChI is InChI=1S/C10H12ClN5O/c1-5(2)10-13-7(3-8(17)14-10)16-4-6(11)9(12)15-16/h3-5H,1-2H3,(H2,12,15)(H,13,14,17). The number of nitrogens with zero attached hydrogens (tertiary/aromatic N) is 3. The Bertz CT molecular complexity index is 581. The molecular weight excluding hydrogens is 242 g/mol. The van der Waals surface area contributed by atoms with Crippen LogP contribution in [0.2, 0.25) is 5.02 Å². The molecule has 7 heteroatoms. The van der Waals surface area contributed by atoms with E-state index in [1.807, 2.05) is 13.8 Å². The molecule has 0 atom stereocenters. The van der Waals surface area contributed by atoms with Gasteiger partial charge in [0.1, 0.15) is 10.8 Å². The predicted molar refractivity (Wildman–Crippen MR) is 65.5 cm³/mol. The van der Waals surface area contributed by atoms with Crippen LogP contribution in [0.25, 0.3) is 5.82 Å². The molecule has 6 nitrogen and oxygen atoms in total. The van der Waals surface area contributed by atoms with Gasteiger partial charge in [0.2, 0.25) is 0 Å². The largest absolute Gasteiger partial charge is 0.381 e. The van der Waals surface area contributed by atoms with Crippen molar-refractivity contribution >= 4 is 17.4 Å². The third-order valence-electron chi connectivity index (χ3n) is 2.22. The fourth-order valence-corrected chi connectivity index (χ4v) is 1.47. The summed E-state index contributed by atoms with van der Waals surface area (Å²) in [4.78, 5) is 18.4. The highest BCUT2D eigenvalue weighted by atomic mass is 35.5. The minimum absolute atomic E-state index is 0.117. The molecule has 0 amide bonds. The molecule has 0 aromatic carbocycles. The van der Waals surface area contributed by atoms with E-state index >= 15 is 0 Å². The Morgan fingerprint density at radius 2 is 2.24 bits per heavy atom. The maximum atomic E-state index is 11.5. The van der Waals surface area contributed by atoms with Crippen LogP contribution in [0.15, 0.2) is 17.1 Å². The molecule has 2 aromatic rings. The lowest BCUT2D eigenvalue weighted by Crippen LogP contribution is -2.15. The van der Waals surface area contributed by atoms with E-state index < -0.39 is 0 Å². The van der Waals surface area contributed by atoms with Gasteiger partial charge in [0, 0.05) is 12.0 Å². The molecule has 2 aromatic heterocycles. The first-order valence-corrected chi connectivity index (χ1v) is 5.47. The van der Waals surface area contributed by atoms with Crippen LogP contribution in [0.1, 0.15) is 25.6 Å². The number of nitrogens with one attached hydrogen (secondary N) is 1. The van der Waals surface area contributed by atoms with Crippen LogP contribution in [-0.2, 0) is 0 Å². The lowest BCUT2D eigenvalue weighted by atomic mass is 10.2. The summed E-state index contributed by atoms with van der Waals surface area (Å²) < 4.78 is 1.39. The lowest BCUT2D eigenvalue weighted by Gasteiger charge is -2.06. The van der Waals surface area contributed by atoms with Gasteiger partial charge in [0.25, 0.3) is 5.56 Å². The van der Waals surface area contributed by atoms with Crippen molar-refractivity contribution < 1.29 is 0 Å². The molecule has 17 heavy (non-hydrogen) atoms. The molecule has 90 valence electrons. The highest BCUT2D eigenvalue weighted by Gasteiger charge is 2.09. The Hall–Kier alpha value is -1.82. The van der Waals surface area contributed by atoms with Crippen molar-refractivity contribution in [3.05, 3.63) is 33.5 Å². The number of nitrogens with two attached hydrogens (primary N) is 1. The molecule has 2 rings (SSSR count). The zero-order chi connectivity index (χ0) is 12.6. The first-order valence-electron chi connectivity index (χ1n) is 5.09. The van der Waals surface area contributed by atoms with Crippen molar-refractivity contribution in [3.63, 3.8) is 0 Å². The quantitative estimate of drug-likeness (QED) is 0.845. The number of aromatic amines is 1. The second kappa shape index (κ2) is 4.21. The molecule has 0 bridgehead atoms. The third-order valence-corrected chi connectivity index (χ3v) is 2.52. The van der Waals surface area contributed by atoms with Crippen molar-refractivity contribution in [2.24, 2.45) is 0 Å². The zero-order valence-corrected chi connectivity index (χ0v) is 10.2. The molecular formula is C10H12ClN5O. The predicted octanol–water partition coefficient (Wildman–Crippen LogP) is 1.31. The third kappa shape index (κ3) is 2.31. The van der Waals surface area contributed by atoms with Gasteiger partial charge in [-0.15, -0.1) is 5.10 Å². The summed E-state index contributed by atoms with van der Waals surface area (Å²) >= 11 is 5.80. The monoisotopic (exact) mass is 253 g/mol. The van der Waals surface area contributed by atoms with Crippen molar-refractivity contribution in [1.82, 2.24) is 19.7 Å². The first-order chi connectivity index (χ1) is 7.97. The Labute approximate surface area is 102 Å². The van der Waals surface area contributed by atoms with E-state index in [1.54, 1.807) is 0 Å². The maximum absolute atomic E-state index is 11.5. The number of rotatable bonds is 2. The summed E-state index contributed by atoms with van der Waals surface area (Å²) in [6, 6.07) is 1.34. The summed E-state index contributed by atoms with van der Waals surface area (Å²) in [6.45, 7) is 3.87. The summed E-state index contributed by atoms with van der Waals surface area (Å²) in [5.41, 5.74) is 5.30. The topological polar surface area (TPSA) is 89.6 Å². The highest BCUT2D eigenvalue weighted by Crippen LogP contribution is 2.17. The van der Waals surface area contributed by atoms with Gasteiger partial charge in [0.15, 0.2) is 11.6 Å². The van der Waals surface area contributed by atoms with Crippen molar-refractivity contribution in [2.45, 2.75) is 19.8 Å². The van der Waals surface area contributed by atoms with Crippen molar-refractivity contribution in [1.29, 1.82) is 0 Å². The zero-order valence-electron chi connectivity index (χ0n) is 9.44. The number of H-pyrrole nitrogens is 1. The average molecular weight is 254 g/mol. The van der Waals surface area contributed by atoms with E-state index in [0.29, 0.717) is 16.7 Å². The van der Waals surface area contributed by atoms with Gasteiger partial charge >= 0.3 is 0 Å². The molecule has 0 unspecified atom stereocenters. The van der Waals surface area contributed by atoms with Crippen LogP contribution < -0.4 is 11.3 Å². The van der Waals surface area contributed by atoms with Gasteiger partial charge in [0.05, 0.1) is 6.20 Å². The van der Waals surface area contributed by atoms with Crippen LogP contribution >= 0.6 is 11.6 Å². The van der Waals surface area contributed by atoms with Gasteiger partial charge in [-0.2, -0.15) is 0 Å². The molecule has 0 fully saturated rings. The molecule has 0 spiro atoms. The number of hydrogen-bond donors (Lipinski definition) is 2. The Balaban J connectivity index is 2.55. The fraction of sp³-hybridized carbons (Fsp3) is 0.300. The van der Waals surface area contributed by atoms with E-state index in [9.17, 15) is 4.79 Å². The first kappa shape index (κ1) is 11.7. The Morgan fingerprint density at radius 1 is 1.53 bits per heavy atom. The molecule has 0 aliphatic carbocycles. The van der Waals surface area contributed by atoms with Crippen LogP contribution in [0, 0.1) is 0 Å². The summed E-state index contributed by atoms with van der Waals surface area (Å²) in [5.74, 6) is 1.32. The van der Waals surface area contributed by atoms with Crippen molar-refractivity contribution in [3.8, 4) is 5.82 Å². The molecule has 0 aliphatic rings. The normalized spacial score (nSPS) is 11.1. The van der Waals surface area contributed by atoms with Gasteiger partial charge in [-0.25, -0.2) is 9.67 Å². The average Bonchev–Trinajstić information content (AvgIpc) is 2.58. The Morgan fingerprint density at radius 3 is 2.76 bits per heavy atom. The highest BCUT2D eigenvalue weighted by molar-refractivity contribution is 6.32. The smallest absolute Gasteiger partial charge is 0.253 e. The van der Waals surface area contributed by atoms with Crippen LogP contribution in [-0.4, -0.2) is 19.7 Å². The fourth-order valence-electron chi connectivity index (χ4n) is 1.34. The van der Waals surface area contributed by atoms with Gasteiger partial charge < -0.3 is 10.7 Å². The SMILES string of the molecule is CC(C)c1nc(-n2cc(Cl)c(N)n2)cc(=O)[nH]1. The number of anilines is 1. The van der Waals surface area contributed by atoms with E-state index in [4.69, 9.17) is 17.3 Å². The van der Waals surface area contributed by atoms with E-state index in [1.165, 1.54) is 16.9 Å². The minimum Gasteiger partial charge on any atom is -0.381 e. The molecule has 0 radical (unpaired) electrons. The van der Waals surface area contributed by atoms with Crippen LogP contribution in [0.5, 0.6) is 0 Å². The van der Waals surface area contributed by atoms with Crippen LogP contribution in [0.4, 0.5) is 5.82 Å². The van der Waals surface area contributed by atoms with E-state index in [2.05, 4.69) is 15.1 Å². The van der Waals surface area contributed by atoms with Crippen molar-refractivity contribution in [2.75, 3.05) is 5.73 Å². The second-order valence-corrected chi connectivity index (χ2v) is 4.36. The summed E-state index contributed by atoms with van der Waals surface area (Å²) in [5, 5.41) is 4.30. The molecule has 3 N–H and O–H groups in total. The minimum atomic E-state index is -0.233. The van der Waals surface area contributed by atoms with E-state index in [0.717, 1.165) is 0 Å². The summed E-state index contributed by atoms with van der Waals surface area (Å²) in [6.07, 6.45) is 1.52. The number of hydrogen-bond acceptors (Lipinski definition) is 4. The molecule has 0 saturated heterocycles. The lowest BCUT2D eigenvalue weighted by molar-refractivity contribution is 0.739. The number of aromatic nitrogens is 4. The van der Waals surface area contributed by atoms with Gasteiger partial charge in [-0.3, -0.25) is 4.79 Å².